The summed E-state index contributed by atoms with van der Waals surface area (Å²) in [5.74, 6) is -4.48. The van der Waals surface area contributed by atoms with Crippen LogP contribution in [0.2, 0.25) is 0 Å². The molecule has 11 nitrogen and oxygen atoms in total. The van der Waals surface area contributed by atoms with Crippen LogP contribution in [0.5, 0.6) is 0 Å². The van der Waals surface area contributed by atoms with E-state index in [1.165, 1.54) is 11.8 Å². The molecule has 0 aliphatic heterocycles. The highest BCUT2D eigenvalue weighted by Gasteiger charge is 2.32. The molecule has 0 aliphatic carbocycles. The maximum absolute atomic E-state index is 12.8. The van der Waals surface area contributed by atoms with E-state index < -0.39 is 60.2 Å². The lowest BCUT2D eigenvalue weighted by molar-refractivity contribution is -0.144. The average Bonchev–Trinajstić information content (AvgIpc) is 2.72. The van der Waals surface area contributed by atoms with Gasteiger partial charge < -0.3 is 31.9 Å². The van der Waals surface area contributed by atoms with Crippen molar-refractivity contribution in [2.45, 2.75) is 77.5 Å². The molecule has 0 spiro atoms. The van der Waals surface area contributed by atoms with Crippen LogP contribution in [0.3, 0.4) is 0 Å². The van der Waals surface area contributed by atoms with Gasteiger partial charge in [-0.05, 0) is 36.7 Å². The molecule has 0 aromatic rings. The summed E-state index contributed by atoms with van der Waals surface area (Å²) in [6, 6.07) is -4.60. The minimum absolute atomic E-state index is 0.116. The highest BCUT2D eigenvalue weighted by atomic mass is 32.2. The first-order chi connectivity index (χ1) is 15.3. The standard InChI is InChI=1S/C21H38N4O7S/c1-6-12(4)17(21(31)32)25-19(29)14(7-8-33-5)23-20(30)15(10-16(26)27)24-18(28)13(22)9-11(2)3/h11-15,17H,6-10,22H2,1-5H3,(H,23,30)(H,24,28)(H,25,29)(H,26,27)(H,31,32). The highest BCUT2D eigenvalue weighted by Crippen LogP contribution is 2.10. The highest BCUT2D eigenvalue weighted by molar-refractivity contribution is 7.98. The summed E-state index contributed by atoms with van der Waals surface area (Å²) in [5.41, 5.74) is 5.82. The van der Waals surface area contributed by atoms with Crippen LogP contribution in [0.15, 0.2) is 0 Å². The van der Waals surface area contributed by atoms with Gasteiger partial charge in [0.25, 0.3) is 0 Å². The van der Waals surface area contributed by atoms with E-state index in [2.05, 4.69) is 16.0 Å². The Kier molecular flexibility index (Phi) is 14.4. The molecule has 0 aromatic carbocycles. The number of amides is 3. The van der Waals surface area contributed by atoms with Gasteiger partial charge in [0.1, 0.15) is 18.1 Å². The normalized spacial score (nSPS) is 15.6. The zero-order valence-electron chi connectivity index (χ0n) is 19.9. The number of carbonyl (C=O) groups excluding carboxylic acids is 3. The Morgan fingerprint density at radius 1 is 0.909 bits per heavy atom. The molecule has 5 unspecified atom stereocenters. The quantitative estimate of drug-likeness (QED) is 0.175. The number of aliphatic carboxylic acids is 2. The van der Waals surface area contributed by atoms with Crippen LogP contribution in [-0.2, 0) is 24.0 Å². The van der Waals surface area contributed by atoms with Crippen LogP contribution in [0.1, 0.15) is 53.4 Å². The third kappa shape index (κ3) is 11.9. The van der Waals surface area contributed by atoms with E-state index >= 15 is 0 Å². The van der Waals surface area contributed by atoms with E-state index in [-0.39, 0.29) is 18.3 Å². The number of carboxylic acid groups (broad SMARTS) is 2. The third-order valence-corrected chi connectivity index (χ3v) is 5.74. The molecule has 0 fully saturated rings. The first-order valence-electron chi connectivity index (χ1n) is 10.9. The van der Waals surface area contributed by atoms with Gasteiger partial charge in [0, 0.05) is 0 Å². The molecule has 0 bridgehead atoms. The number of thioether (sulfide) groups is 1. The molecule has 0 rings (SSSR count). The van der Waals surface area contributed by atoms with Gasteiger partial charge in [0.15, 0.2) is 0 Å². The van der Waals surface area contributed by atoms with E-state index in [0.29, 0.717) is 18.6 Å². The molecule has 7 N–H and O–H groups in total. The zero-order valence-corrected chi connectivity index (χ0v) is 20.7. The van der Waals surface area contributed by atoms with E-state index in [1.54, 1.807) is 20.1 Å². The molecule has 190 valence electrons. The maximum atomic E-state index is 12.8. The molecule has 0 aromatic heterocycles. The van der Waals surface area contributed by atoms with Gasteiger partial charge in [-0.1, -0.05) is 34.1 Å². The molecule has 0 aliphatic rings. The first-order valence-corrected chi connectivity index (χ1v) is 12.3. The molecule has 5 atom stereocenters. The van der Waals surface area contributed by atoms with E-state index in [4.69, 9.17) is 5.73 Å². The van der Waals surface area contributed by atoms with Gasteiger partial charge in [-0.2, -0.15) is 11.8 Å². The van der Waals surface area contributed by atoms with Crippen molar-refractivity contribution in [3.63, 3.8) is 0 Å². The summed E-state index contributed by atoms with van der Waals surface area (Å²) >= 11 is 1.42. The van der Waals surface area contributed by atoms with Crippen molar-refractivity contribution in [2.75, 3.05) is 12.0 Å². The molecule has 0 saturated carbocycles. The Morgan fingerprint density at radius 2 is 1.45 bits per heavy atom. The summed E-state index contributed by atoms with van der Waals surface area (Å²) < 4.78 is 0. The van der Waals surface area contributed by atoms with Crippen LogP contribution in [-0.4, -0.2) is 76.0 Å². The number of nitrogens with two attached hydrogens (primary N) is 1. The van der Waals surface area contributed by atoms with E-state index in [1.807, 2.05) is 13.8 Å². The Bertz CT molecular complexity index is 690. The number of carboxylic acids is 2. The van der Waals surface area contributed by atoms with Gasteiger partial charge in [-0.3, -0.25) is 19.2 Å². The molecule has 3 amide bonds. The Morgan fingerprint density at radius 3 is 1.91 bits per heavy atom. The number of hydrogen-bond donors (Lipinski definition) is 6. The van der Waals surface area contributed by atoms with Gasteiger partial charge in [-0.15, -0.1) is 0 Å². The maximum Gasteiger partial charge on any atom is 0.326 e. The Hall–Kier alpha value is -2.34. The first kappa shape index (κ1) is 30.7. The fourth-order valence-corrected chi connectivity index (χ4v) is 3.46. The van der Waals surface area contributed by atoms with Crippen LogP contribution in [0.4, 0.5) is 0 Å². The van der Waals surface area contributed by atoms with Gasteiger partial charge in [0.05, 0.1) is 12.5 Å². The number of hydrogen-bond acceptors (Lipinski definition) is 7. The van der Waals surface area contributed by atoms with Crippen molar-refractivity contribution >= 4 is 41.4 Å². The molecule has 33 heavy (non-hydrogen) atoms. The zero-order chi connectivity index (χ0) is 25.7. The minimum Gasteiger partial charge on any atom is -0.481 e. The number of rotatable bonds is 16. The van der Waals surface area contributed by atoms with Crippen molar-refractivity contribution < 1.29 is 34.2 Å². The summed E-state index contributed by atoms with van der Waals surface area (Å²) in [5, 5.41) is 25.9. The number of carbonyl (C=O) groups is 5. The number of nitrogens with one attached hydrogen (secondary N) is 3. The molecule has 0 radical (unpaired) electrons. The van der Waals surface area contributed by atoms with Crippen molar-refractivity contribution in [2.24, 2.45) is 17.6 Å². The van der Waals surface area contributed by atoms with E-state index in [9.17, 15) is 34.2 Å². The van der Waals surface area contributed by atoms with Crippen LogP contribution < -0.4 is 21.7 Å². The second-order valence-electron chi connectivity index (χ2n) is 8.45. The average molecular weight is 491 g/mol. The largest absolute Gasteiger partial charge is 0.481 e. The SMILES string of the molecule is CCC(C)C(NC(=O)C(CCSC)NC(=O)C(CC(=O)O)NC(=O)C(N)CC(C)C)C(=O)O. The smallest absolute Gasteiger partial charge is 0.326 e. The Labute approximate surface area is 199 Å². The van der Waals surface area contributed by atoms with Crippen LogP contribution in [0.25, 0.3) is 0 Å². The van der Waals surface area contributed by atoms with Crippen LogP contribution in [0, 0.1) is 11.8 Å². The topological polar surface area (TPSA) is 188 Å². The van der Waals surface area contributed by atoms with Crippen molar-refractivity contribution in [3.8, 4) is 0 Å². The fourth-order valence-electron chi connectivity index (χ4n) is 2.99. The van der Waals surface area contributed by atoms with Gasteiger partial charge in [0.2, 0.25) is 17.7 Å². The Balaban J connectivity index is 5.52. The van der Waals surface area contributed by atoms with Crippen LogP contribution >= 0.6 is 11.8 Å². The van der Waals surface area contributed by atoms with Crippen molar-refractivity contribution in [1.82, 2.24) is 16.0 Å². The molecule has 0 saturated heterocycles. The van der Waals surface area contributed by atoms with E-state index in [0.717, 1.165) is 0 Å². The molecular formula is C21H38N4O7S. The summed E-state index contributed by atoms with van der Waals surface area (Å²) in [4.78, 5) is 60.8. The minimum atomic E-state index is -1.44. The lowest BCUT2D eigenvalue weighted by Crippen LogP contribution is -2.58. The summed E-state index contributed by atoms with van der Waals surface area (Å²) in [6.07, 6.45) is 2.15. The van der Waals surface area contributed by atoms with Gasteiger partial charge in [-0.25, -0.2) is 4.79 Å². The van der Waals surface area contributed by atoms with Crippen molar-refractivity contribution in [1.29, 1.82) is 0 Å². The lowest BCUT2D eigenvalue weighted by Gasteiger charge is -2.26. The molecular weight excluding hydrogens is 452 g/mol. The third-order valence-electron chi connectivity index (χ3n) is 5.09. The summed E-state index contributed by atoms with van der Waals surface area (Å²) in [6.45, 7) is 7.22. The second kappa shape index (κ2) is 15.5. The second-order valence-corrected chi connectivity index (χ2v) is 9.43. The fraction of sp³-hybridized carbons (Fsp3) is 0.762. The summed E-state index contributed by atoms with van der Waals surface area (Å²) in [7, 11) is 0. The monoisotopic (exact) mass is 490 g/mol. The predicted molar refractivity (Wildman–Crippen MR) is 126 cm³/mol. The predicted octanol–water partition coefficient (Wildman–Crippen LogP) is 0.173. The molecule has 0 heterocycles. The molecule has 12 heteroatoms. The van der Waals surface area contributed by atoms with Gasteiger partial charge >= 0.3 is 11.9 Å². The lowest BCUT2D eigenvalue weighted by atomic mass is 9.98. The van der Waals surface area contributed by atoms with Crippen molar-refractivity contribution in [3.05, 3.63) is 0 Å².